The van der Waals surface area contributed by atoms with Crippen molar-refractivity contribution in [1.82, 2.24) is 0 Å². The highest BCUT2D eigenvalue weighted by atomic mass is 14.1. The van der Waals surface area contributed by atoms with E-state index in [9.17, 15) is 0 Å². The summed E-state index contributed by atoms with van der Waals surface area (Å²) in [5.74, 6) is 0. The van der Waals surface area contributed by atoms with Gasteiger partial charge in [-0.3, -0.25) is 0 Å². The Labute approximate surface area is 349 Å². The van der Waals surface area contributed by atoms with Crippen LogP contribution in [0.4, 0.5) is 0 Å². The van der Waals surface area contributed by atoms with E-state index in [1.807, 2.05) is 83.2 Å². The first-order valence-electron chi connectivity index (χ1n) is 21.2. The molecule has 6 aromatic carbocycles. The Morgan fingerprint density at radius 2 is 1.14 bits per heavy atom. The van der Waals surface area contributed by atoms with E-state index in [1.54, 1.807) is 0 Å². The zero-order chi connectivity index (χ0) is 42.7. The van der Waals surface area contributed by atoms with Crippen LogP contribution in [-0.2, 0) is 6.42 Å². The van der Waals surface area contributed by atoms with Crippen molar-refractivity contribution < 1.29 is 0 Å². The molecule has 0 amide bonds. The Kier molecular flexibility index (Phi) is 30.6. The van der Waals surface area contributed by atoms with E-state index in [4.69, 9.17) is 0 Å². The third kappa shape index (κ3) is 19.8. The second-order valence-electron chi connectivity index (χ2n) is 12.8. The Morgan fingerprint density at radius 1 is 0.579 bits per heavy atom. The average molecular weight is 759 g/mol. The molecule has 0 aliphatic carbocycles. The highest BCUT2D eigenvalue weighted by molar-refractivity contribution is 6.11. The van der Waals surface area contributed by atoms with Gasteiger partial charge in [-0.15, -0.1) is 0 Å². The minimum Gasteiger partial charge on any atom is -0.0991 e. The summed E-state index contributed by atoms with van der Waals surface area (Å²) in [6.07, 6.45) is 24.9. The SMILES string of the molecule is C/C=C\C=C/c1ccccc1.C=C/C=C(\C=C/CC)Cc1ccc2cccc3cc/c(=C/C=C)c1c23.CC.CC.CCC.CCC.Cc1ccc2ccccc2c1. The van der Waals surface area contributed by atoms with Gasteiger partial charge in [-0.1, -0.05) is 270 Å². The number of aryl methyl sites for hydroxylation is 1. The first kappa shape index (κ1) is 51.5. The largest absolute Gasteiger partial charge is 0.0991 e. The van der Waals surface area contributed by atoms with Gasteiger partial charge >= 0.3 is 0 Å². The van der Waals surface area contributed by atoms with Gasteiger partial charge in [0.15, 0.2) is 0 Å². The van der Waals surface area contributed by atoms with Crippen molar-refractivity contribution in [2.45, 2.75) is 102 Å². The molecule has 302 valence electrons. The fourth-order valence-corrected chi connectivity index (χ4v) is 5.56. The van der Waals surface area contributed by atoms with Gasteiger partial charge in [0, 0.05) is 0 Å². The third-order valence-corrected chi connectivity index (χ3v) is 7.78. The smallest absolute Gasteiger partial charge is 0.00195 e. The average Bonchev–Trinajstić information content (AvgIpc) is 3.24. The van der Waals surface area contributed by atoms with E-state index in [-0.39, 0.29) is 0 Å². The maximum atomic E-state index is 3.89. The van der Waals surface area contributed by atoms with Crippen molar-refractivity contribution in [3.8, 4) is 0 Å². The van der Waals surface area contributed by atoms with Crippen LogP contribution >= 0.6 is 0 Å². The molecule has 6 rings (SSSR count). The van der Waals surface area contributed by atoms with Crippen LogP contribution in [-0.4, -0.2) is 0 Å². The topological polar surface area (TPSA) is 0 Å². The summed E-state index contributed by atoms with van der Waals surface area (Å²) in [4.78, 5) is 0. The van der Waals surface area contributed by atoms with Gasteiger partial charge in [0.05, 0.1) is 0 Å². The molecule has 0 saturated carbocycles. The van der Waals surface area contributed by atoms with E-state index < -0.39 is 0 Å². The van der Waals surface area contributed by atoms with E-state index in [0.717, 1.165) is 12.8 Å². The Hall–Kier alpha value is -5.46. The Balaban J connectivity index is 0.000000814. The maximum Gasteiger partial charge on any atom is -0.00195 e. The van der Waals surface area contributed by atoms with Crippen LogP contribution in [0.3, 0.4) is 0 Å². The van der Waals surface area contributed by atoms with Gasteiger partial charge in [-0.25, -0.2) is 0 Å². The normalized spacial score (nSPS) is 10.8. The predicted octanol–water partition coefficient (Wildman–Crippen LogP) is 17.6. The number of hydrogen-bond acceptors (Lipinski definition) is 0. The van der Waals surface area contributed by atoms with Crippen molar-refractivity contribution in [1.29, 1.82) is 0 Å². The van der Waals surface area contributed by atoms with Crippen LogP contribution in [0.1, 0.15) is 105 Å². The maximum absolute atomic E-state index is 3.89. The van der Waals surface area contributed by atoms with E-state index >= 15 is 0 Å². The zero-order valence-electron chi connectivity index (χ0n) is 37.5. The molecule has 0 unspecified atom stereocenters. The van der Waals surface area contributed by atoms with E-state index in [0.29, 0.717) is 0 Å². The molecule has 0 N–H and O–H groups in total. The van der Waals surface area contributed by atoms with Crippen molar-refractivity contribution in [3.63, 3.8) is 0 Å². The lowest BCUT2D eigenvalue weighted by atomic mass is 9.92. The van der Waals surface area contributed by atoms with Crippen molar-refractivity contribution >= 4 is 44.5 Å². The molecule has 0 heteroatoms. The lowest BCUT2D eigenvalue weighted by Gasteiger charge is -2.12. The molecule has 0 bridgehead atoms. The van der Waals surface area contributed by atoms with Crippen molar-refractivity contribution in [3.05, 3.63) is 205 Å². The molecule has 6 aromatic rings. The molecule has 0 aromatic heterocycles. The number of allylic oxidation sites excluding steroid dienone is 9. The second kappa shape index (κ2) is 33.8. The molecule has 0 saturated heterocycles. The summed E-state index contributed by atoms with van der Waals surface area (Å²) in [7, 11) is 0. The molecule has 0 fully saturated rings. The Morgan fingerprint density at radius 3 is 1.72 bits per heavy atom. The summed E-state index contributed by atoms with van der Waals surface area (Å²) in [5.41, 5.74) is 5.18. The lowest BCUT2D eigenvalue weighted by molar-refractivity contribution is 1.09. The summed E-state index contributed by atoms with van der Waals surface area (Å²) >= 11 is 0. The summed E-state index contributed by atoms with van der Waals surface area (Å²) < 4.78 is 0. The zero-order valence-corrected chi connectivity index (χ0v) is 37.5. The van der Waals surface area contributed by atoms with Crippen LogP contribution in [0.5, 0.6) is 0 Å². The van der Waals surface area contributed by atoms with Crippen molar-refractivity contribution in [2.75, 3.05) is 0 Å². The quantitative estimate of drug-likeness (QED) is 0.136. The monoisotopic (exact) mass is 759 g/mol. The number of benzene rings is 6. The fraction of sp³-hybridized carbons (Fsp3) is 0.263. The van der Waals surface area contributed by atoms with Crippen LogP contribution in [0.25, 0.3) is 44.5 Å². The fourth-order valence-electron chi connectivity index (χ4n) is 5.56. The molecule has 0 aliphatic heterocycles. The van der Waals surface area contributed by atoms with Gasteiger partial charge in [0.25, 0.3) is 0 Å². The van der Waals surface area contributed by atoms with Crippen LogP contribution in [0.2, 0.25) is 0 Å². The highest BCUT2D eigenvalue weighted by Crippen LogP contribution is 2.28. The molecule has 57 heavy (non-hydrogen) atoms. The minimum atomic E-state index is 0.893. The van der Waals surface area contributed by atoms with Crippen molar-refractivity contribution in [2.24, 2.45) is 0 Å². The third-order valence-electron chi connectivity index (χ3n) is 7.78. The summed E-state index contributed by atoms with van der Waals surface area (Å²) in [6.45, 7) is 30.5. The summed E-state index contributed by atoms with van der Waals surface area (Å²) in [5, 5.41) is 9.11. The van der Waals surface area contributed by atoms with Gasteiger partial charge in [-0.05, 0) is 80.9 Å². The predicted molar refractivity (Wildman–Crippen MR) is 266 cm³/mol. The van der Waals surface area contributed by atoms with Gasteiger partial charge in [0.1, 0.15) is 0 Å². The first-order valence-corrected chi connectivity index (χ1v) is 21.2. The minimum absolute atomic E-state index is 0.893. The Bertz CT molecular complexity index is 2100. The molecular formula is C57H74. The molecule has 0 radical (unpaired) electrons. The highest BCUT2D eigenvalue weighted by Gasteiger charge is 2.09. The standard InChI is InChI=1S/C25H24.C11H10.C11H12.2C3H8.2C2H6/c1-4-7-11-19(9-5-2)18-23-17-16-22-13-8-12-21-15-14-20(10-6-3)25(23)24(21)22;1-9-6-7-10-4-2-3-5-11(10)8-9;1-2-3-5-8-11-9-6-4-7-10-11;2*1-3-2;2*1-2/h5-17H,2-4,18H2,1H3;2-8H,1H3;2-10H,1H3;2*3H2,1-2H3;2*1-2H3/b11-7-,19-9+,20-10-;;3-2-,8-5-;;;;. The van der Waals surface area contributed by atoms with E-state index in [2.05, 4.69) is 182 Å². The number of fused-ring (bicyclic) bond motifs is 1. The van der Waals surface area contributed by atoms with Gasteiger partial charge in [-0.2, -0.15) is 0 Å². The number of hydrogen-bond donors (Lipinski definition) is 0. The first-order chi connectivity index (χ1) is 27.9. The van der Waals surface area contributed by atoms with Gasteiger partial charge in [0.2, 0.25) is 0 Å². The van der Waals surface area contributed by atoms with Crippen LogP contribution in [0, 0.1) is 6.92 Å². The molecule has 0 heterocycles. The summed E-state index contributed by atoms with van der Waals surface area (Å²) in [6, 6.07) is 40.6. The second-order valence-corrected chi connectivity index (χ2v) is 12.8. The number of rotatable bonds is 8. The lowest BCUT2D eigenvalue weighted by Crippen LogP contribution is -2.05. The molecule has 0 spiro atoms. The van der Waals surface area contributed by atoms with Crippen LogP contribution < -0.4 is 5.22 Å². The molecule has 0 nitrogen and oxygen atoms in total. The van der Waals surface area contributed by atoms with Gasteiger partial charge < -0.3 is 0 Å². The van der Waals surface area contributed by atoms with E-state index in [1.165, 1.54) is 72.6 Å². The molecule has 0 atom stereocenters. The van der Waals surface area contributed by atoms with Crippen LogP contribution in [0.15, 0.2) is 183 Å². The molecular weight excluding hydrogens is 685 g/mol. The molecule has 0 aliphatic rings.